The molecule has 0 saturated heterocycles. The lowest BCUT2D eigenvalue weighted by molar-refractivity contribution is 0.322. The maximum atomic E-state index is 5.39. The van der Waals surface area contributed by atoms with Crippen LogP contribution < -0.4 is 9.47 Å². The average Bonchev–Trinajstić information content (AvgIpc) is 2.04. The Kier molecular flexibility index (Phi) is 4.35. The smallest absolute Gasteiger partial charge is 0.124 e. The summed E-state index contributed by atoms with van der Waals surface area (Å²) in [6.45, 7) is 5.32. The topological polar surface area (TPSA) is 18.5 Å². The molecular weight excluding hydrogens is 279 g/mol. The summed E-state index contributed by atoms with van der Waals surface area (Å²) in [7, 11) is 0. The fourth-order valence-corrected chi connectivity index (χ4v) is 1.65. The minimum atomic E-state index is 0.686. The van der Waals surface area contributed by atoms with Gasteiger partial charge in [0.2, 0.25) is 0 Å². The van der Waals surface area contributed by atoms with Crippen LogP contribution in [-0.2, 0) is 0 Å². The zero-order valence-corrected chi connectivity index (χ0v) is 10.00. The fourth-order valence-electron chi connectivity index (χ4n) is 1.04. The highest BCUT2D eigenvalue weighted by molar-refractivity contribution is 14.1. The van der Waals surface area contributed by atoms with Crippen molar-refractivity contribution in [3.05, 3.63) is 21.8 Å². The Bertz CT molecular complexity index is 249. The lowest BCUT2D eigenvalue weighted by Gasteiger charge is -2.07. The largest absolute Gasteiger partial charge is 0.494 e. The van der Waals surface area contributed by atoms with Gasteiger partial charge in [-0.1, -0.05) is 0 Å². The van der Waals surface area contributed by atoms with Gasteiger partial charge in [-0.05, 0) is 48.6 Å². The second-order valence-electron chi connectivity index (χ2n) is 2.49. The summed E-state index contributed by atoms with van der Waals surface area (Å²) in [5.41, 5.74) is 0. The molecule has 0 radical (unpaired) electrons. The zero-order valence-electron chi connectivity index (χ0n) is 7.84. The Labute approximate surface area is 92.4 Å². The Morgan fingerprint density at radius 1 is 1.00 bits per heavy atom. The highest BCUT2D eigenvalue weighted by atomic mass is 127. The minimum Gasteiger partial charge on any atom is -0.494 e. The van der Waals surface area contributed by atoms with Crippen LogP contribution in [0.3, 0.4) is 0 Å². The molecule has 0 aliphatic heterocycles. The van der Waals surface area contributed by atoms with Gasteiger partial charge in [0.25, 0.3) is 0 Å². The maximum Gasteiger partial charge on any atom is 0.124 e. The van der Waals surface area contributed by atoms with Gasteiger partial charge in [0, 0.05) is 9.64 Å². The first-order valence-corrected chi connectivity index (χ1v) is 5.40. The second kappa shape index (κ2) is 5.32. The molecule has 72 valence electrons. The summed E-state index contributed by atoms with van der Waals surface area (Å²) in [6.07, 6.45) is 0. The van der Waals surface area contributed by atoms with Crippen molar-refractivity contribution in [1.29, 1.82) is 0 Å². The Morgan fingerprint density at radius 3 is 1.85 bits per heavy atom. The average molecular weight is 292 g/mol. The highest BCUT2D eigenvalue weighted by Gasteiger charge is 1.99. The van der Waals surface area contributed by atoms with Crippen LogP contribution in [0.15, 0.2) is 18.2 Å². The van der Waals surface area contributed by atoms with Crippen molar-refractivity contribution in [1.82, 2.24) is 0 Å². The van der Waals surface area contributed by atoms with E-state index >= 15 is 0 Å². The quantitative estimate of drug-likeness (QED) is 0.794. The van der Waals surface area contributed by atoms with E-state index in [4.69, 9.17) is 9.47 Å². The molecule has 0 heterocycles. The molecule has 0 unspecified atom stereocenters. The molecule has 0 saturated carbocycles. The summed E-state index contributed by atoms with van der Waals surface area (Å²) >= 11 is 2.25. The molecule has 1 aromatic rings. The van der Waals surface area contributed by atoms with Gasteiger partial charge in [-0.25, -0.2) is 0 Å². The first kappa shape index (κ1) is 10.6. The van der Waals surface area contributed by atoms with Gasteiger partial charge < -0.3 is 9.47 Å². The first-order valence-electron chi connectivity index (χ1n) is 4.32. The molecule has 2 nitrogen and oxygen atoms in total. The van der Waals surface area contributed by atoms with Crippen molar-refractivity contribution in [3.8, 4) is 11.5 Å². The van der Waals surface area contributed by atoms with E-state index in [0.717, 1.165) is 15.1 Å². The second-order valence-corrected chi connectivity index (χ2v) is 3.73. The molecule has 0 bridgehead atoms. The van der Waals surface area contributed by atoms with Crippen molar-refractivity contribution in [2.45, 2.75) is 13.8 Å². The maximum absolute atomic E-state index is 5.39. The molecule has 0 aliphatic rings. The number of halogens is 1. The molecule has 3 heteroatoms. The summed E-state index contributed by atoms with van der Waals surface area (Å²) in [6, 6.07) is 5.90. The standard InChI is InChI=1S/C10H13IO2/c1-3-12-9-5-8(11)6-10(7-9)13-4-2/h5-7H,3-4H2,1-2H3. The van der Waals surface area contributed by atoms with Crippen LogP contribution >= 0.6 is 22.6 Å². The normalized spacial score (nSPS) is 9.77. The number of hydrogen-bond donors (Lipinski definition) is 0. The van der Waals surface area contributed by atoms with Crippen LogP contribution in [0.4, 0.5) is 0 Å². The predicted octanol–water partition coefficient (Wildman–Crippen LogP) is 3.09. The van der Waals surface area contributed by atoms with Crippen LogP contribution in [0.25, 0.3) is 0 Å². The third-order valence-corrected chi connectivity index (χ3v) is 2.09. The number of rotatable bonds is 4. The first-order chi connectivity index (χ1) is 6.26. The van der Waals surface area contributed by atoms with E-state index in [9.17, 15) is 0 Å². The molecule has 1 rings (SSSR count). The van der Waals surface area contributed by atoms with E-state index in [1.807, 2.05) is 32.0 Å². The lowest BCUT2D eigenvalue weighted by atomic mass is 10.3. The molecule has 0 N–H and O–H groups in total. The van der Waals surface area contributed by atoms with E-state index in [0.29, 0.717) is 13.2 Å². The van der Waals surface area contributed by atoms with Crippen molar-refractivity contribution >= 4 is 22.6 Å². The minimum absolute atomic E-state index is 0.686. The van der Waals surface area contributed by atoms with Crippen molar-refractivity contribution in [2.24, 2.45) is 0 Å². The number of benzene rings is 1. The van der Waals surface area contributed by atoms with Crippen LogP contribution in [0, 0.1) is 3.57 Å². The van der Waals surface area contributed by atoms with Gasteiger partial charge in [-0.2, -0.15) is 0 Å². The highest BCUT2D eigenvalue weighted by Crippen LogP contribution is 2.23. The summed E-state index contributed by atoms with van der Waals surface area (Å²) in [5.74, 6) is 1.75. The van der Waals surface area contributed by atoms with Crippen LogP contribution in [0.5, 0.6) is 11.5 Å². The van der Waals surface area contributed by atoms with Gasteiger partial charge in [0.15, 0.2) is 0 Å². The molecule has 1 aromatic carbocycles. The monoisotopic (exact) mass is 292 g/mol. The van der Waals surface area contributed by atoms with E-state index in [-0.39, 0.29) is 0 Å². The van der Waals surface area contributed by atoms with Crippen molar-refractivity contribution in [3.63, 3.8) is 0 Å². The molecular formula is C10H13IO2. The zero-order chi connectivity index (χ0) is 9.68. The molecule has 0 atom stereocenters. The van der Waals surface area contributed by atoms with E-state index in [1.165, 1.54) is 0 Å². The molecule has 13 heavy (non-hydrogen) atoms. The number of ether oxygens (including phenoxy) is 2. The summed E-state index contributed by atoms with van der Waals surface area (Å²) in [5, 5.41) is 0. The molecule has 0 aromatic heterocycles. The number of hydrogen-bond acceptors (Lipinski definition) is 2. The Balaban J connectivity index is 2.83. The Morgan fingerprint density at radius 2 is 1.46 bits per heavy atom. The van der Waals surface area contributed by atoms with Gasteiger partial charge in [0.05, 0.1) is 13.2 Å². The van der Waals surface area contributed by atoms with Gasteiger partial charge in [-0.3, -0.25) is 0 Å². The lowest BCUT2D eigenvalue weighted by Crippen LogP contribution is -1.95. The fraction of sp³-hybridized carbons (Fsp3) is 0.400. The van der Waals surface area contributed by atoms with Gasteiger partial charge >= 0.3 is 0 Å². The van der Waals surface area contributed by atoms with E-state index in [2.05, 4.69) is 22.6 Å². The SMILES string of the molecule is CCOc1cc(I)cc(OCC)c1. The summed E-state index contributed by atoms with van der Waals surface area (Å²) < 4.78 is 11.9. The van der Waals surface area contributed by atoms with Crippen LogP contribution in [0.2, 0.25) is 0 Å². The third-order valence-electron chi connectivity index (χ3n) is 1.47. The Hall–Kier alpha value is -0.450. The molecule has 0 amide bonds. The van der Waals surface area contributed by atoms with E-state index in [1.54, 1.807) is 0 Å². The molecule has 0 fully saturated rings. The third kappa shape index (κ3) is 3.42. The van der Waals surface area contributed by atoms with Crippen molar-refractivity contribution < 1.29 is 9.47 Å². The van der Waals surface area contributed by atoms with Crippen LogP contribution in [-0.4, -0.2) is 13.2 Å². The summed E-state index contributed by atoms with van der Waals surface area (Å²) in [4.78, 5) is 0. The molecule has 0 aliphatic carbocycles. The van der Waals surface area contributed by atoms with E-state index < -0.39 is 0 Å². The molecule has 0 spiro atoms. The predicted molar refractivity (Wildman–Crippen MR) is 61.5 cm³/mol. The van der Waals surface area contributed by atoms with Gasteiger partial charge in [0.1, 0.15) is 11.5 Å². The van der Waals surface area contributed by atoms with Crippen LogP contribution in [0.1, 0.15) is 13.8 Å². The van der Waals surface area contributed by atoms with Gasteiger partial charge in [-0.15, -0.1) is 0 Å². The van der Waals surface area contributed by atoms with Crippen molar-refractivity contribution in [2.75, 3.05) is 13.2 Å².